The van der Waals surface area contributed by atoms with Gasteiger partial charge in [-0.15, -0.1) is 0 Å². The van der Waals surface area contributed by atoms with E-state index in [4.69, 9.17) is 4.74 Å². The van der Waals surface area contributed by atoms with Gasteiger partial charge in [-0.1, -0.05) is 19.3 Å². The first-order valence-corrected chi connectivity index (χ1v) is 5.35. The zero-order valence-corrected chi connectivity index (χ0v) is 9.43. The van der Waals surface area contributed by atoms with Crippen LogP contribution in [0.3, 0.4) is 0 Å². The van der Waals surface area contributed by atoms with Crippen molar-refractivity contribution in [2.24, 2.45) is 5.92 Å². The summed E-state index contributed by atoms with van der Waals surface area (Å²) in [6.07, 6.45) is 5.54. The van der Waals surface area contributed by atoms with Gasteiger partial charge < -0.3 is 10.1 Å². The maximum Gasteiger partial charge on any atom is 0.307 e. The van der Waals surface area contributed by atoms with E-state index in [0.29, 0.717) is 6.42 Å². The molecule has 1 atom stereocenters. The van der Waals surface area contributed by atoms with E-state index in [0.717, 1.165) is 12.3 Å². The molecule has 1 aliphatic rings. The number of rotatable bonds is 5. The molecule has 3 nitrogen and oxygen atoms in total. The number of hydrogen-bond donors (Lipinski definition) is 1. The fraction of sp³-hybridized carbons (Fsp3) is 0.909. The molecule has 0 aromatic carbocycles. The first kappa shape index (κ1) is 11.5. The van der Waals surface area contributed by atoms with Crippen molar-refractivity contribution in [3.8, 4) is 0 Å². The van der Waals surface area contributed by atoms with E-state index in [-0.39, 0.29) is 11.5 Å². The van der Waals surface area contributed by atoms with Gasteiger partial charge in [-0.25, -0.2) is 0 Å². The van der Waals surface area contributed by atoms with Gasteiger partial charge in [-0.3, -0.25) is 4.79 Å². The summed E-state index contributed by atoms with van der Waals surface area (Å²) in [5.41, 5.74) is -0.0851. The third-order valence-electron chi connectivity index (χ3n) is 3.33. The molecule has 0 aliphatic heterocycles. The molecule has 82 valence electrons. The van der Waals surface area contributed by atoms with E-state index in [2.05, 4.69) is 12.2 Å². The smallest absolute Gasteiger partial charge is 0.307 e. The normalized spacial score (nSPS) is 21.1. The summed E-state index contributed by atoms with van der Waals surface area (Å²) in [7, 11) is 3.36. The molecule has 0 saturated heterocycles. The highest BCUT2D eigenvalue weighted by Gasteiger charge is 2.31. The van der Waals surface area contributed by atoms with Gasteiger partial charge in [-0.2, -0.15) is 0 Å². The third kappa shape index (κ3) is 2.98. The SMILES string of the molecule is CNC(C)(CC(=O)OC)CC1CCC1. The monoisotopic (exact) mass is 199 g/mol. The van der Waals surface area contributed by atoms with Crippen LogP contribution in [-0.4, -0.2) is 25.7 Å². The van der Waals surface area contributed by atoms with Gasteiger partial charge in [-0.05, 0) is 26.3 Å². The molecule has 1 N–H and O–H groups in total. The van der Waals surface area contributed by atoms with Crippen LogP contribution in [0.2, 0.25) is 0 Å². The molecule has 1 rings (SSSR count). The molecule has 0 heterocycles. The zero-order valence-electron chi connectivity index (χ0n) is 9.43. The summed E-state index contributed by atoms with van der Waals surface area (Å²) in [6.45, 7) is 2.10. The van der Waals surface area contributed by atoms with E-state index in [1.807, 2.05) is 7.05 Å². The van der Waals surface area contributed by atoms with Crippen molar-refractivity contribution >= 4 is 5.97 Å². The van der Waals surface area contributed by atoms with Crippen LogP contribution in [0.5, 0.6) is 0 Å². The highest BCUT2D eigenvalue weighted by molar-refractivity contribution is 5.70. The second-order valence-corrected chi connectivity index (χ2v) is 4.56. The molecule has 0 bridgehead atoms. The molecule has 1 fully saturated rings. The van der Waals surface area contributed by atoms with Gasteiger partial charge in [0.25, 0.3) is 0 Å². The van der Waals surface area contributed by atoms with E-state index in [1.54, 1.807) is 0 Å². The number of esters is 1. The number of ether oxygens (including phenoxy) is 1. The van der Waals surface area contributed by atoms with Crippen LogP contribution in [0.15, 0.2) is 0 Å². The molecule has 0 radical (unpaired) electrons. The van der Waals surface area contributed by atoms with Crippen molar-refractivity contribution in [3.63, 3.8) is 0 Å². The first-order valence-electron chi connectivity index (χ1n) is 5.35. The third-order valence-corrected chi connectivity index (χ3v) is 3.33. The largest absolute Gasteiger partial charge is 0.469 e. The minimum absolute atomic E-state index is 0.0851. The average molecular weight is 199 g/mol. The van der Waals surface area contributed by atoms with Gasteiger partial charge in [0.05, 0.1) is 13.5 Å². The van der Waals surface area contributed by atoms with Crippen molar-refractivity contribution in [2.45, 2.75) is 44.6 Å². The Morgan fingerprint density at radius 1 is 1.57 bits per heavy atom. The second kappa shape index (κ2) is 4.78. The molecular formula is C11H21NO2. The maximum atomic E-state index is 11.2. The Bertz CT molecular complexity index is 201. The van der Waals surface area contributed by atoms with Crippen LogP contribution in [-0.2, 0) is 9.53 Å². The Morgan fingerprint density at radius 2 is 2.21 bits per heavy atom. The molecule has 14 heavy (non-hydrogen) atoms. The number of nitrogens with one attached hydrogen (secondary N) is 1. The molecule has 0 aromatic heterocycles. The van der Waals surface area contributed by atoms with Crippen LogP contribution in [0.1, 0.15) is 39.0 Å². The molecule has 3 heteroatoms. The summed E-state index contributed by atoms with van der Waals surface area (Å²) in [4.78, 5) is 11.2. The number of hydrogen-bond acceptors (Lipinski definition) is 3. The van der Waals surface area contributed by atoms with Crippen molar-refractivity contribution in [2.75, 3.05) is 14.2 Å². The Kier molecular flexibility index (Phi) is 3.93. The minimum Gasteiger partial charge on any atom is -0.469 e. The van der Waals surface area contributed by atoms with E-state index >= 15 is 0 Å². The lowest BCUT2D eigenvalue weighted by molar-refractivity contribution is -0.142. The van der Waals surface area contributed by atoms with Crippen LogP contribution >= 0.6 is 0 Å². The Morgan fingerprint density at radius 3 is 2.57 bits per heavy atom. The Labute approximate surface area is 86.2 Å². The summed E-state index contributed by atoms with van der Waals surface area (Å²) in [6, 6.07) is 0. The number of carbonyl (C=O) groups is 1. The molecule has 0 aromatic rings. The molecule has 0 amide bonds. The predicted molar refractivity (Wildman–Crippen MR) is 56.1 cm³/mol. The topological polar surface area (TPSA) is 38.3 Å². The lowest BCUT2D eigenvalue weighted by atomic mass is 9.75. The van der Waals surface area contributed by atoms with E-state index in [9.17, 15) is 4.79 Å². The lowest BCUT2D eigenvalue weighted by Gasteiger charge is -2.36. The molecule has 1 aliphatic carbocycles. The number of methoxy groups -OCH3 is 1. The van der Waals surface area contributed by atoms with Crippen molar-refractivity contribution < 1.29 is 9.53 Å². The molecular weight excluding hydrogens is 178 g/mol. The molecule has 1 unspecified atom stereocenters. The van der Waals surface area contributed by atoms with Crippen LogP contribution < -0.4 is 5.32 Å². The summed E-state index contributed by atoms with van der Waals surface area (Å²) in [5.74, 6) is 0.679. The van der Waals surface area contributed by atoms with Crippen molar-refractivity contribution in [1.82, 2.24) is 5.32 Å². The second-order valence-electron chi connectivity index (χ2n) is 4.56. The maximum absolute atomic E-state index is 11.2. The highest BCUT2D eigenvalue weighted by atomic mass is 16.5. The summed E-state index contributed by atoms with van der Waals surface area (Å²) < 4.78 is 4.70. The van der Waals surface area contributed by atoms with Crippen LogP contribution in [0.25, 0.3) is 0 Å². The Balaban J connectivity index is 2.42. The van der Waals surface area contributed by atoms with Gasteiger partial charge in [0, 0.05) is 5.54 Å². The zero-order chi connectivity index (χ0) is 10.6. The molecule has 1 saturated carbocycles. The van der Waals surface area contributed by atoms with Crippen molar-refractivity contribution in [3.05, 3.63) is 0 Å². The number of carbonyl (C=O) groups excluding carboxylic acids is 1. The van der Waals surface area contributed by atoms with Gasteiger partial charge in [0.2, 0.25) is 0 Å². The van der Waals surface area contributed by atoms with Crippen LogP contribution in [0, 0.1) is 5.92 Å². The summed E-state index contributed by atoms with van der Waals surface area (Å²) in [5, 5.41) is 3.24. The minimum atomic E-state index is -0.124. The van der Waals surface area contributed by atoms with Crippen molar-refractivity contribution in [1.29, 1.82) is 0 Å². The van der Waals surface area contributed by atoms with Gasteiger partial charge in [0.1, 0.15) is 0 Å². The summed E-state index contributed by atoms with van der Waals surface area (Å²) >= 11 is 0. The fourth-order valence-electron chi connectivity index (χ4n) is 1.99. The van der Waals surface area contributed by atoms with Gasteiger partial charge in [0.15, 0.2) is 0 Å². The lowest BCUT2D eigenvalue weighted by Crippen LogP contribution is -2.44. The Hall–Kier alpha value is -0.570. The van der Waals surface area contributed by atoms with Crippen LogP contribution in [0.4, 0.5) is 0 Å². The van der Waals surface area contributed by atoms with Gasteiger partial charge >= 0.3 is 5.97 Å². The molecule has 0 spiro atoms. The van der Waals surface area contributed by atoms with E-state index < -0.39 is 0 Å². The standard InChI is InChI=1S/C11H21NO2/c1-11(12-2,8-10(13)14-3)7-9-5-4-6-9/h9,12H,4-8H2,1-3H3. The average Bonchev–Trinajstić information content (AvgIpc) is 2.11. The quantitative estimate of drug-likeness (QED) is 0.685. The predicted octanol–water partition coefficient (Wildman–Crippen LogP) is 1.72. The highest BCUT2D eigenvalue weighted by Crippen LogP contribution is 2.34. The first-order chi connectivity index (χ1) is 6.59. The fourth-order valence-corrected chi connectivity index (χ4v) is 1.99. The van der Waals surface area contributed by atoms with E-state index in [1.165, 1.54) is 26.4 Å².